The van der Waals surface area contributed by atoms with E-state index in [1.807, 2.05) is 0 Å². The number of hydrogen-bond acceptors (Lipinski definition) is 2. The predicted octanol–water partition coefficient (Wildman–Crippen LogP) is 5.42. The Kier molecular flexibility index (Phi) is 3.52. The van der Waals surface area contributed by atoms with E-state index in [4.69, 9.17) is 11.6 Å². The van der Waals surface area contributed by atoms with Gasteiger partial charge < -0.3 is 4.98 Å². The topological polar surface area (TPSA) is 58.9 Å². The van der Waals surface area contributed by atoms with E-state index in [0.29, 0.717) is 5.02 Å². The van der Waals surface area contributed by atoms with E-state index in [2.05, 4.69) is 4.98 Å². The van der Waals surface area contributed by atoms with Gasteiger partial charge in [0.25, 0.3) is 5.69 Å². The van der Waals surface area contributed by atoms with Crippen LogP contribution in [-0.4, -0.2) is 9.91 Å². The molecule has 2 aromatic carbocycles. The molecule has 0 aliphatic carbocycles. The lowest BCUT2D eigenvalue weighted by molar-refractivity contribution is -0.384. The van der Waals surface area contributed by atoms with E-state index in [0.717, 1.165) is 12.1 Å². The number of non-ortho nitro benzene ring substituents is 1. The molecular formula is C15H8ClF3N2O2. The molecule has 0 spiro atoms. The molecule has 1 heterocycles. The Labute approximate surface area is 132 Å². The fourth-order valence-corrected chi connectivity index (χ4v) is 2.55. The van der Waals surface area contributed by atoms with E-state index in [-0.39, 0.29) is 27.7 Å². The van der Waals surface area contributed by atoms with Crippen molar-refractivity contribution in [2.45, 2.75) is 6.18 Å². The number of nitrogens with zero attached hydrogens (tertiary/aromatic N) is 1. The van der Waals surface area contributed by atoms with Crippen LogP contribution in [0.4, 0.5) is 18.9 Å². The minimum atomic E-state index is -4.62. The summed E-state index contributed by atoms with van der Waals surface area (Å²) in [4.78, 5) is 12.6. The van der Waals surface area contributed by atoms with Gasteiger partial charge in [-0.3, -0.25) is 10.1 Å². The van der Waals surface area contributed by atoms with Crippen LogP contribution >= 0.6 is 11.6 Å². The standard InChI is InChI=1S/C15H8ClF3N2O2/c16-9-3-1-8(2-4-9)13-11-7-10(21(22)23)5-6-12(11)20-14(13)15(17,18)19/h1-7,20H. The summed E-state index contributed by atoms with van der Waals surface area (Å²) in [5, 5.41) is 11.4. The highest BCUT2D eigenvalue weighted by molar-refractivity contribution is 6.30. The van der Waals surface area contributed by atoms with Gasteiger partial charge in [-0.2, -0.15) is 13.2 Å². The minimum absolute atomic E-state index is 0.132. The first-order valence-electron chi connectivity index (χ1n) is 6.40. The molecule has 3 rings (SSSR count). The first kappa shape index (κ1) is 15.4. The summed E-state index contributed by atoms with van der Waals surface area (Å²) in [6.45, 7) is 0. The van der Waals surface area contributed by atoms with E-state index >= 15 is 0 Å². The fourth-order valence-electron chi connectivity index (χ4n) is 2.42. The van der Waals surface area contributed by atoms with Crippen molar-refractivity contribution >= 4 is 28.2 Å². The molecule has 0 amide bonds. The van der Waals surface area contributed by atoms with Crippen LogP contribution in [0, 0.1) is 10.1 Å². The average Bonchev–Trinajstić information content (AvgIpc) is 2.86. The molecule has 0 saturated heterocycles. The number of alkyl halides is 3. The van der Waals surface area contributed by atoms with Crippen molar-refractivity contribution in [1.29, 1.82) is 0 Å². The second kappa shape index (κ2) is 5.27. The normalized spacial score (nSPS) is 11.8. The van der Waals surface area contributed by atoms with Gasteiger partial charge >= 0.3 is 6.18 Å². The average molecular weight is 341 g/mol. The Bertz CT molecular complexity index is 901. The lowest BCUT2D eigenvalue weighted by Gasteiger charge is -2.08. The summed E-state index contributed by atoms with van der Waals surface area (Å²) in [6.07, 6.45) is -4.62. The maximum atomic E-state index is 13.3. The summed E-state index contributed by atoms with van der Waals surface area (Å²) in [5.41, 5.74) is -0.912. The Balaban J connectivity index is 2.36. The Morgan fingerprint density at radius 3 is 2.30 bits per heavy atom. The quantitative estimate of drug-likeness (QED) is 0.500. The highest BCUT2D eigenvalue weighted by Gasteiger charge is 2.37. The van der Waals surface area contributed by atoms with Gasteiger partial charge in [-0.1, -0.05) is 23.7 Å². The van der Waals surface area contributed by atoms with Crippen LogP contribution in [-0.2, 0) is 6.18 Å². The second-order valence-electron chi connectivity index (χ2n) is 4.87. The predicted molar refractivity (Wildman–Crippen MR) is 80.4 cm³/mol. The van der Waals surface area contributed by atoms with Crippen LogP contribution < -0.4 is 0 Å². The molecule has 0 fully saturated rings. The van der Waals surface area contributed by atoms with Gasteiger partial charge in [0.15, 0.2) is 0 Å². The fraction of sp³-hybridized carbons (Fsp3) is 0.0667. The molecule has 0 unspecified atom stereocenters. The van der Waals surface area contributed by atoms with Gasteiger partial charge in [0.2, 0.25) is 0 Å². The lowest BCUT2D eigenvalue weighted by atomic mass is 10.0. The number of nitrogens with one attached hydrogen (secondary N) is 1. The zero-order chi connectivity index (χ0) is 16.8. The van der Waals surface area contributed by atoms with Gasteiger partial charge in [-0.15, -0.1) is 0 Å². The van der Waals surface area contributed by atoms with Crippen molar-refractivity contribution in [1.82, 2.24) is 4.98 Å². The molecule has 0 atom stereocenters. The van der Waals surface area contributed by atoms with Crippen molar-refractivity contribution in [2.24, 2.45) is 0 Å². The molecular weight excluding hydrogens is 333 g/mol. The maximum Gasteiger partial charge on any atom is 0.431 e. The molecule has 0 bridgehead atoms. The number of halogens is 4. The van der Waals surface area contributed by atoms with Gasteiger partial charge in [-0.05, 0) is 23.8 Å². The number of nitro groups is 1. The highest BCUT2D eigenvalue weighted by Crippen LogP contribution is 2.42. The molecule has 1 N–H and O–H groups in total. The number of hydrogen-bond donors (Lipinski definition) is 1. The van der Waals surface area contributed by atoms with Crippen LogP contribution in [0.15, 0.2) is 42.5 Å². The maximum absolute atomic E-state index is 13.3. The summed E-state index contributed by atoms with van der Waals surface area (Å²) in [7, 11) is 0. The summed E-state index contributed by atoms with van der Waals surface area (Å²) < 4.78 is 40.0. The molecule has 8 heteroatoms. The number of benzene rings is 2. The largest absolute Gasteiger partial charge is 0.431 e. The SMILES string of the molecule is O=[N+]([O-])c1ccc2[nH]c(C(F)(F)F)c(-c3ccc(Cl)cc3)c2c1. The van der Waals surface area contributed by atoms with E-state index in [1.54, 1.807) is 0 Å². The lowest BCUT2D eigenvalue weighted by Crippen LogP contribution is -2.07. The molecule has 23 heavy (non-hydrogen) atoms. The third-order valence-corrected chi connectivity index (χ3v) is 3.66. The van der Waals surface area contributed by atoms with Crippen molar-refractivity contribution < 1.29 is 18.1 Å². The van der Waals surface area contributed by atoms with Gasteiger partial charge in [0.1, 0.15) is 5.69 Å². The van der Waals surface area contributed by atoms with Gasteiger partial charge in [-0.25, -0.2) is 0 Å². The zero-order valence-corrected chi connectivity index (χ0v) is 12.1. The number of rotatable bonds is 2. The number of aromatic amines is 1. The highest BCUT2D eigenvalue weighted by atomic mass is 35.5. The van der Waals surface area contributed by atoms with E-state index in [9.17, 15) is 23.3 Å². The van der Waals surface area contributed by atoms with E-state index < -0.39 is 16.8 Å². The molecule has 3 aromatic rings. The number of aromatic nitrogens is 1. The molecule has 1 aromatic heterocycles. The van der Waals surface area contributed by atoms with Gasteiger partial charge in [0.05, 0.1) is 4.92 Å². The first-order chi connectivity index (χ1) is 10.8. The van der Waals surface area contributed by atoms with Crippen LogP contribution in [0.2, 0.25) is 5.02 Å². The van der Waals surface area contributed by atoms with Crippen LogP contribution in [0.3, 0.4) is 0 Å². The Morgan fingerprint density at radius 1 is 1.09 bits per heavy atom. The monoisotopic (exact) mass is 340 g/mol. The van der Waals surface area contributed by atoms with E-state index in [1.165, 1.54) is 30.3 Å². The number of fused-ring (bicyclic) bond motifs is 1. The second-order valence-corrected chi connectivity index (χ2v) is 5.30. The molecule has 0 saturated carbocycles. The van der Waals surface area contributed by atoms with Crippen molar-refractivity contribution in [3.8, 4) is 11.1 Å². The van der Waals surface area contributed by atoms with Crippen molar-refractivity contribution in [3.63, 3.8) is 0 Å². The summed E-state index contributed by atoms with van der Waals surface area (Å²) in [6, 6.07) is 9.37. The molecule has 118 valence electrons. The molecule has 4 nitrogen and oxygen atoms in total. The smallest absolute Gasteiger partial charge is 0.350 e. The van der Waals surface area contributed by atoms with Gasteiger partial charge in [0, 0.05) is 33.6 Å². The number of nitro benzene ring substituents is 1. The van der Waals surface area contributed by atoms with Crippen LogP contribution in [0.25, 0.3) is 22.0 Å². The molecule has 0 radical (unpaired) electrons. The number of H-pyrrole nitrogens is 1. The van der Waals surface area contributed by atoms with Crippen molar-refractivity contribution in [2.75, 3.05) is 0 Å². The third kappa shape index (κ3) is 2.75. The molecule has 0 aliphatic heterocycles. The first-order valence-corrected chi connectivity index (χ1v) is 6.78. The third-order valence-electron chi connectivity index (χ3n) is 3.41. The summed E-state index contributed by atoms with van der Waals surface area (Å²) >= 11 is 5.77. The minimum Gasteiger partial charge on any atom is -0.350 e. The van der Waals surface area contributed by atoms with Crippen LogP contribution in [0.1, 0.15) is 5.69 Å². The molecule has 0 aliphatic rings. The zero-order valence-electron chi connectivity index (χ0n) is 11.3. The summed E-state index contributed by atoms with van der Waals surface area (Å²) in [5.74, 6) is 0. The Morgan fingerprint density at radius 2 is 1.74 bits per heavy atom. The Hall–Kier alpha value is -2.54. The van der Waals surface area contributed by atoms with Crippen molar-refractivity contribution in [3.05, 3.63) is 63.3 Å². The van der Waals surface area contributed by atoms with Crippen LogP contribution in [0.5, 0.6) is 0 Å².